The summed E-state index contributed by atoms with van der Waals surface area (Å²) in [6.45, 7) is 2.38. The van der Waals surface area contributed by atoms with Crippen molar-refractivity contribution in [2.45, 2.75) is 13.8 Å². The quantitative estimate of drug-likeness (QED) is 0.210. The zero-order valence-corrected chi connectivity index (χ0v) is 17.1. The van der Waals surface area contributed by atoms with Gasteiger partial charge >= 0.3 is 17.6 Å². The van der Waals surface area contributed by atoms with Crippen LogP contribution >= 0.6 is 0 Å². The minimum Gasteiger partial charge on any atom is -0.493 e. The van der Waals surface area contributed by atoms with Gasteiger partial charge in [0.1, 0.15) is 0 Å². The average molecular weight is 433 g/mol. The number of nitrogens with zero attached hydrogens (tertiary/aromatic N) is 1. The van der Waals surface area contributed by atoms with Crippen molar-refractivity contribution in [3.8, 4) is 23.0 Å². The van der Waals surface area contributed by atoms with E-state index in [4.69, 9.17) is 18.9 Å². The lowest BCUT2D eigenvalue weighted by molar-refractivity contribution is -0.385. The van der Waals surface area contributed by atoms with Crippen LogP contribution < -0.4 is 18.9 Å². The molecule has 0 atom stereocenters. The van der Waals surface area contributed by atoms with E-state index >= 15 is 0 Å². The van der Waals surface area contributed by atoms with Gasteiger partial charge in [-0.15, -0.1) is 0 Å². The Hall–Kier alpha value is -4.28. The summed E-state index contributed by atoms with van der Waals surface area (Å²) in [7, 11) is 2.63. The third kappa shape index (κ3) is 6.63. The third-order valence-electron chi connectivity index (χ3n) is 3.50. The van der Waals surface area contributed by atoms with Crippen LogP contribution in [0.1, 0.15) is 34.6 Å². The number of nitro groups is 1. The highest BCUT2D eigenvalue weighted by molar-refractivity contribution is 5.86. The molecule has 11 nitrogen and oxygen atoms in total. The zero-order chi connectivity index (χ0) is 23.6. The molecule has 0 aliphatic rings. The van der Waals surface area contributed by atoms with Gasteiger partial charge in [0, 0.05) is 19.9 Å². The predicted octanol–water partition coefficient (Wildman–Crippen LogP) is 2.77. The minimum absolute atomic E-state index is 0.00245. The molecule has 0 radical (unpaired) electrons. The number of hydrogen-bond acceptors (Lipinski definition) is 10. The maximum atomic E-state index is 10.9. The Morgan fingerprint density at radius 2 is 1.39 bits per heavy atom. The molecular weight excluding hydrogens is 414 g/mol. The summed E-state index contributed by atoms with van der Waals surface area (Å²) in [5.74, 6) is -1.16. The first kappa shape index (κ1) is 24.8. The number of benzene rings is 2. The molecule has 2 aromatic carbocycles. The molecule has 11 heteroatoms. The normalized spacial score (nSPS) is 9.42. The molecule has 2 aromatic rings. The lowest BCUT2D eigenvalue weighted by atomic mass is 10.2. The molecule has 0 aromatic heterocycles. The van der Waals surface area contributed by atoms with Gasteiger partial charge in [-0.25, -0.2) is 0 Å². The van der Waals surface area contributed by atoms with Gasteiger partial charge < -0.3 is 18.9 Å². The summed E-state index contributed by atoms with van der Waals surface area (Å²) < 4.78 is 19.4. The van der Waals surface area contributed by atoms with E-state index in [0.717, 1.165) is 13.0 Å². The summed E-state index contributed by atoms with van der Waals surface area (Å²) in [5, 5.41) is 10.7. The largest absolute Gasteiger partial charge is 0.493 e. The Morgan fingerprint density at radius 1 is 0.839 bits per heavy atom. The van der Waals surface area contributed by atoms with Crippen molar-refractivity contribution in [1.82, 2.24) is 0 Å². The standard InChI is InChI=1S/C10H9NO6.C10H10O4/c1-6(13)17-9-7(5-12)3-4-8(11(14)15)10(9)16-2;1-7(12)14-10-8(6-11)4-3-5-9(10)13-2/h3-5H,1-2H3;3-6H,1-2H3. The van der Waals surface area contributed by atoms with Crippen LogP contribution in [0.5, 0.6) is 23.0 Å². The maximum Gasteiger partial charge on any atom is 0.314 e. The molecule has 0 bridgehead atoms. The van der Waals surface area contributed by atoms with Gasteiger partial charge in [0.2, 0.25) is 5.75 Å². The van der Waals surface area contributed by atoms with E-state index in [-0.39, 0.29) is 28.5 Å². The number of carbonyl (C=O) groups excluding carboxylic acids is 4. The van der Waals surface area contributed by atoms with Gasteiger partial charge in [0.05, 0.1) is 30.3 Å². The summed E-state index contributed by atoms with van der Waals surface area (Å²) in [5.41, 5.74) is -0.0865. The van der Waals surface area contributed by atoms with Crippen molar-refractivity contribution < 1.29 is 43.0 Å². The van der Waals surface area contributed by atoms with E-state index in [9.17, 15) is 29.3 Å². The predicted molar refractivity (Wildman–Crippen MR) is 106 cm³/mol. The van der Waals surface area contributed by atoms with Crippen molar-refractivity contribution >= 4 is 30.2 Å². The van der Waals surface area contributed by atoms with Crippen molar-refractivity contribution in [2.24, 2.45) is 0 Å². The van der Waals surface area contributed by atoms with E-state index in [1.165, 1.54) is 27.2 Å². The molecule has 0 saturated carbocycles. The number of hydrogen-bond donors (Lipinski definition) is 0. The van der Waals surface area contributed by atoms with Crippen LogP contribution in [0.25, 0.3) is 0 Å². The third-order valence-corrected chi connectivity index (χ3v) is 3.50. The van der Waals surface area contributed by atoms with Crippen molar-refractivity contribution in [1.29, 1.82) is 0 Å². The van der Waals surface area contributed by atoms with Crippen LogP contribution in [0.3, 0.4) is 0 Å². The first-order valence-electron chi connectivity index (χ1n) is 8.49. The van der Waals surface area contributed by atoms with Crippen LogP contribution in [-0.4, -0.2) is 43.7 Å². The summed E-state index contributed by atoms with van der Waals surface area (Å²) in [6, 6.07) is 7.11. The number of esters is 2. The highest BCUT2D eigenvalue weighted by atomic mass is 16.6. The monoisotopic (exact) mass is 433 g/mol. The van der Waals surface area contributed by atoms with Gasteiger partial charge in [0.15, 0.2) is 29.8 Å². The molecule has 31 heavy (non-hydrogen) atoms. The minimum atomic E-state index is -0.702. The number of carbonyl (C=O) groups is 4. The average Bonchev–Trinajstić information content (AvgIpc) is 2.73. The van der Waals surface area contributed by atoms with Crippen LogP contribution in [0.4, 0.5) is 5.69 Å². The maximum absolute atomic E-state index is 10.9. The summed E-state index contributed by atoms with van der Waals surface area (Å²) in [4.78, 5) is 53.0. The van der Waals surface area contributed by atoms with Crippen LogP contribution in [0.15, 0.2) is 30.3 Å². The highest BCUT2D eigenvalue weighted by Gasteiger charge is 2.24. The highest BCUT2D eigenvalue weighted by Crippen LogP contribution is 2.39. The molecule has 0 saturated heterocycles. The molecule has 0 amide bonds. The molecule has 2 rings (SSSR count). The molecule has 0 fully saturated rings. The summed E-state index contributed by atoms with van der Waals surface area (Å²) >= 11 is 0. The SMILES string of the molecule is COc1c([N+](=O)[O-])ccc(C=O)c1OC(C)=O.COc1cccc(C=O)c1OC(C)=O. The van der Waals surface area contributed by atoms with Gasteiger partial charge in [-0.3, -0.25) is 29.3 Å². The van der Waals surface area contributed by atoms with Gasteiger partial charge in [-0.1, -0.05) is 6.07 Å². The number of nitro benzene ring substituents is 1. The Balaban J connectivity index is 0.000000316. The smallest absolute Gasteiger partial charge is 0.314 e. The number of para-hydroxylation sites is 1. The molecule has 0 N–H and O–H groups in total. The lowest BCUT2D eigenvalue weighted by Gasteiger charge is -2.09. The fourth-order valence-corrected chi connectivity index (χ4v) is 2.29. The van der Waals surface area contributed by atoms with Crippen molar-refractivity contribution in [2.75, 3.05) is 14.2 Å². The van der Waals surface area contributed by atoms with Crippen molar-refractivity contribution in [3.05, 3.63) is 51.6 Å². The number of rotatable bonds is 7. The van der Waals surface area contributed by atoms with E-state index in [1.807, 2.05) is 0 Å². The van der Waals surface area contributed by atoms with Crippen molar-refractivity contribution in [3.63, 3.8) is 0 Å². The fourth-order valence-electron chi connectivity index (χ4n) is 2.29. The Kier molecular flexibility index (Phi) is 9.31. The van der Waals surface area contributed by atoms with E-state index in [2.05, 4.69) is 0 Å². The molecule has 164 valence electrons. The second kappa shape index (κ2) is 11.7. The van der Waals surface area contributed by atoms with Crippen LogP contribution in [-0.2, 0) is 9.59 Å². The Bertz CT molecular complexity index is 1000. The summed E-state index contributed by atoms with van der Waals surface area (Å²) in [6.07, 6.45) is 1.03. The molecule has 0 heterocycles. The van der Waals surface area contributed by atoms with Gasteiger partial charge in [0.25, 0.3) is 0 Å². The molecule has 0 aliphatic heterocycles. The fraction of sp³-hybridized carbons (Fsp3) is 0.200. The van der Waals surface area contributed by atoms with E-state index < -0.39 is 16.9 Å². The molecule has 0 spiro atoms. The topological polar surface area (TPSA) is 148 Å². The van der Waals surface area contributed by atoms with Crippen LogP contribution in [0, 0.1) is 10.1 Å². The molecular formula is C20H19NO10. The molecule has 0 unspecified atom stereocenters. The molecule has 0 aliphatic carbocycles. The van der Waals surface area contributed by atoms with Gasteiger partial charge in [-0.2, -0.15) is 0 Å². The van der Waals surface area contributed by atoms with E-state index in [0.29, 0.717) is 23.9 Å². The van der Waals surface area contributed by atoms with Gasteiger partial charge in [-0.05, 0) is 18.2 Å². The Morgan fingerprint density at radius 3 is 1.84 bits per heavy atom. The second-order valence-electron chi connectivity index (χ2n) is 5.60. The number of aldehydes is 2. The first-order valence-corrected chi connectivity index (χ1v) is 8.49. The first-order chi connectivity index (χ1) is 14.7. The zero-order valence-electron chi connectivity index (χ0n) is 17.1. The number of ether oxygens (including phenoxy) is 4. The second-order valence-corrected chi connectivity index (χ2v) is 5.60. The van der Waals surface area contributed by atoms with Crippen LogP contribution in [0.2, 0.25) is 0 Å². The lowest BCUT2D eigenvalue weighted by Crippen LogP contribution is -2.07. The Labute approximate surface area is 176 Å². The number of methoxy groups -OCH3 is 2. The van der Waals surface area contributed by atoms with E-state index in [1.54, 1.807) is 18.2 Å².